The first kappa shape index (κ1) is 20.1. The second-order valence-corrected chi connectivity index (χ2v) is 6.70. The molecule has 2 N–H and O–H groups in total. The van der Waals surface area contributed by atoms with Crippen LogP contribution < -0.4 is 10.6 Å². The van der Waals surface area contributed by atoms with E-state index < -0.39 is 11.0 Å². The molecule has 0 aromatic heterocycles. The number of nitrogens with zero attached hydrogens (tertiary/aromatic N) is 1. The van der Waals surface area contributed by atoms with Crippen LogP contribution >= 0.6 is 0 Å². The first-order chi connectivity index (χ1) is 12.8. The van der Waals surface area contributed by atoms with E-state index in [1.807, 2.05) is 32.9 Å². The highest BCUT2D eigenvalue weighted by molar-refractivity contribution is 5.97. The van der Waals surface area contributed by atoms with Gasteiger partial charge >= 0.3 is 0 Å². The third-order valence-electron chi connectivity index (χ3n) is 4.16. The lowest BCUT2D eigenvalue weighted by Gasteiger charge is -2.22. The van der Waals surface area contributed by atoms with Gasteiger partial charge in [-0.15, -0.1) is 0 Å². The van der Waals surface area contributed by atoms with Crippen molar-refractivity contribution in [2.24, 2.45) is 5.92 Å². The number of hydrogen-bond acceptors (Lipinski definition) is 4. The predicted octanol–water partition coefficient (Wildman–Crippen LogP) is 2.97. The number of benzene rings is 2. The van der Waals surface area contributed by atoms with Crippen LogP contribution in [0.4, 0.5) is 5.69 Å². The number of aryl methyl sites for hydroxylation is 1. The van der Waals surface area contributed by atoms with E-state index in [4.69, 9.17) is 0 Å². The minimum absolute atomic E-state index is 0.00417. The van der Waals surface area contributed by atoms with Crippen LogP contribution in [0.25, 0.3) is 0 Å². The molecule has 1 atom stereocenters. The summed E-state index contributed by atoms with van der Waals surface area (Å²) in [6.45, 7) is 5.86. The number of rotatable bonds is 7. The maximum atomic E-state index is 12.5. The highest BCUT2D eigenvalue weighted by Gasteiger charge is 2.24. The Bertz CT molecular complexity index is 814. The van der Waals surface area contributed by atoms with Gasteiger partial charge in [0.15, 0.2) is 0 Å². The summed E-state index contributed by atoms with van der Waals surface area (Å²) < 4.78 is 0. The molecule has 0 aliphatic rings. The second-order valence-electron chi connectivity index (χ2n) is 6.70. The van der Waals surface area contributed by atoms with Gasteiger partial charge < -0.3 is 10.6 Å². The van der Waals surface area contributed by atoms with Gasteiger partial charge in [0, 0.05) is 24.2 Å². The van der Waals surface area contributed by atoms with Gasteiger partial charge in [-0.05, 0) is 30.5 Å². The summed E-state index contributed by atoms with van der Waals surface area (Å²) in [6.07, 6.45) is 0. The number of non-ortho nitro benzene ring substituents is 1. The van der Waals surface area contributed by atoms with Crippen molar-refractivity contribution in [2.75, 3.05) is 0 Å². The van der Waals surface area contributed by atoms with Crippen molar-refractivity contribution in [1.29, 1.82) is 0 Å². The lowest BCUT2D eigenvalue weighted by atomic mass is 10.0. The van der Waals surface area contributed by atoms with E-state index in [-0.39, 0.29) is 30.0 Å². The highest BCUT2D eigenvalue weighted by atomic mass is 16.6. The number of carbonyl (C=O) groups excluding carboxylic acids is 2. The molecular weight excluding hydrogens is 346 g/mol. The summed E-state index contributed by atoms with van der Waals surface area (Å²) in [6, 6.07) is 12.4. The molecular formula is C20H23N3O4. The van der Waals surface area contributed by atoms with Crippen LogP contribution in [-0.4, -0.2) is 22.8 Å². The lowest BCUT2D eigenvalue weighted by Crippen LogP contribution is -2.49. The van der Waals surface area contributed by atoms with Crippen LogP contribution in [0.5, 0.6) is 0 Å². The zero-order valence-electron chi connectivity index (χ0n) is 15.6. The molecule has 2 rings (SSSR count). The van der Waals surface area contributed by atoms with Crippen molar-refractivity contribution in [3.05, 3.63) is 75.3 Å². The van der Waals surface area contributed by atoms with Gasteiger partial charge in [0.05, 0.1) is 4.92 Å². The zero-order chi connectivity index (χ0) is 20.0. The first-order valence-corrected chi connectivity index (χ1v) is 8.66. The van der Waals surface area contributed by atoms with Crippen LogP contribution in [0.2, 0.25) is 0 Å². The number of hydrogen-bond donors (Lipinski definition) is 2. The Balaban J connectivity index is 1.98. The Morgan fingerprint density at radius 1 is 1.04 bits per heavy atom. The topological polar surface area (TPSA) is 101 Å². The first-order valence-electron chi connectivity index (χ1n) is 8.66. The van der Waals surface area contributed by atoms with E-state index in [1.165, 1.54) is 12.1 Å². The molecule has 7 nitrogen and oxygen atoms in total. The maximum Gasteiger partial charge on any atom is 0.269 e. The summed E-state index contributed by atoms with van der Waals surface area (Å²) in [5.74, 6) is -0.709. The van der Waals surface area contributed by atoms with Gasteiger partial charge in [-0.1, -0.05) is 43.7 Å². The molecule has 0 radical (unpaired) electrons. The van der Waals surface area contributed by atoms with E-state index in [9.17, 15) is 19.7 Å². The van der Waals surface area contributed by atoms with Gasteiger partial charge in [0.1, 0.15) is 6.04 Å². The SMILES string of the molecule is Cc1ccc(C(=O)NC(C(=O)NCc2ccc([N+](=O)[O-])cc2)C(C)C)cc1. The molecule has 2 amide bonds. The monoisotopic (exact) mass is 369 g/mol. The van der Waals surface area contributed by atoms with Crippen molar-refractivity contribution < 1.29 is 14.5 Å². The van der Waals surface area contributed by atoms with E-state index >= 15 is 0 Å². The summed E-state index contributed by atoms with van der Waals surface area (Å²) in [5, 5.41) is 16.2. The normalized spacial score (nSPS) is 11.7. The van der Waals surface area contributed by atoms with Crippen molar-refractivity contribution >= 4 is 17.5 Å². The van der Waals surface area contributed by atoms with Crippen LogP contribution in [0, 0.1) is 23.0 Å². The second kappa shape index (κ2) is 8.93. The van der Waals surface area contributed by atoms with Crippen molar-refractivity contribution in [2.45, 2.75) is 33.4 Å². The van der Waals surface area contributed by atoms with E-state index in [0.717, 1.165) is 11.1 Å². The molecule has 7 heteroatoms. The molecule has 0 fully saturated rings. The largest absolute Gasteiger partial charge is 0.350 e. The van der Waals surface area contributed by atoms with Crippen LogP contribution in [0.1, 0.15) is 35.3 Å². The fraction of sp³-hybridized carbons (Fsp3) is 0.300. The van der Waals surface area contributed by atoms with Gasteiger partial charge in [-0.2, -0.15) is 0 Å². The third kappa shape index (κ3) is 5.64. The quantitative estimate of drug-likeness (QED) is 0.579. The van der Waals surface area contributed by atoms with Gasteiger partial charge in [0.25, 0.3) is 11.6 Å². The number of amides is 2. The summed E-state index contributed by atoms with van der Waals surface area (Å²) in [7, 11) is 0. The molecule has 0 bridgehead atoms. The summed E-state index contributed by atoms with van der Waals surface area (Å²) >= 11 is 0. The smallest absolute Gasteiger partial charge is 0.269 e. The summed E-state index contributed by atoms with van der Waals surface area (Å²) in [5.41, 5.74) is 2.28. The molecule has 1 unspecified atom stereocenters. The molecule has 0 aliphatic carbocycles. The van der Waals surface area contributed by atoms with Crippen LogP contribution in [0.15, 0.2) is 48.5 Å². The molecule has 0 spiro atoms. The van der Waals surface area contributed by atoms with E-state index in [0.29, 0.717) is 5.56 Å². The highest BCUT2D eigenvalue weighted by Crippen LogP contribution is 2.12. The minimum Gasteiger partial charge on any atom is -0.350 e. The predicted molar refractivity (Wildman–Crippen MR) is 102 cm³/mol. The molecule has 0 saturated carbocycles. The van der Waals surface area contributed by atoms with Crippen LogP contribution in [0.3, 0.4) is 0 Å². The molecule has 0 saturated heterocycles. The Morgan fingerprint density at radius 2 is 1.63 bits per heavy atom. The average molecular weight is 369 g/mol. The van der Waals surface area contributed by atoms with Crippen LogP contribution in [-0.2, 0) is 11.3 Å². The Hall–Kier alpha value is -3.22. The molecule has 2 aromatic carbocycles. The fourth-order valence-corrected chi connectivity index (χ4v) is 2.50. The average Bonchev–Trinajstić information content (AvgIpc) is 2.64. The van der Waals surface area contributed by atoms with Crippen molar-refractivity contribution in [1.82, 2.24) is 10.6 Å². The van der Waals surface area contributed by atoms with Crippen molar-refractivity contribution in [3.8, 4) is 0 Å². The number of nitro benzene ring substituents is 1. The zero-order valence-corrected chi connectivity index (χ0v) is 15.6. The molecule has 0 heterocycles. The number of carbonyl (C=O) groups is 2. The van der Waals surface area contributed by atoms with E-state index in [2.05, 4.69) is 10.6 Å². The number of nitrogens with one attached hydrogen (secondary N) is 2. The standard InChI is InChI=1S/C20H23N3O4/c1-13(2)18(22-19(24)16-8-4-14(3)5-9-16)20(25)21-12-15-6-10-17(11-7-15)23(26)27/h4-11,13,18H,12H2,1-3H3,(H,21,25)(H,22,24). The molecule has 0 aliphatic heterocycles. The van der Waals surface area contributed by atoms with Gasteiger partial charge in [-0.25, -0.2) is 0 Å². The molecule has 2 aromatic rings. The van der Waals surface area contributed by atoms with Gasteiger partial charge in [-0.3, -0.25) is 19.7 Å². The minimum atomic E-state index is -0.683. The summed E-state index contributed by atoms with van der Waals surface area (Å²) in [4.78, 5) is 35.1. The van der Waals surface area contributed by atoms with Crippen molar-refractivity contribution in [3.63, 3.8) is 0 Å². The fourth-order valence-electron chi connectivity index (χ4n) is 2.50. The Morgan fingerprint density at radius 3 is 2.15 bits per heavy atom. The maximum absolute atomic E-state index is 12.5. The van der Waals surface area contributed by atoms with Gasteiger partial charge in [0.2, 0.25) is 5.91 Å². The molecule has 142 valence electrons. The third-order valence-corrected chi connectivity index (χ3v) is 4.16. The number of nitro groups is 1. The Labute approximate surface area is 157 Å². The Kier molecular flexibility index (Phi) is 6.65. The molecule has 27 heavy (non-hydrogen) atoms. The lowest BCUT2D eigenvalue weighted by molar-refractivity contribution is -0.384. The van der Waals surface area contributed by atoms with E-state index in [1.54, 1.807) is 24.3 Å².